The molecule has 50 heavy (non-hydrogen) atoms. The van der Waals surface area contributed by atoms with Gasteiger partial charge in [-0.3, -0.25) is 19.2 Å². The van der Waals surface area contributed by atoms with Crippen LogP contribution in [0.4, 0.5) is 5.69 Å². The number of benzene rings is 2. The number of phenols is 2. The molecule has 17 nitrogen and oxygen atoms in total. The molecule has 0 bridgehead atoms. The number of rotatable bonds is 6. The molecule has 8 atom stereocenters. The second kappa shape index (κ2) is 11.7. The van der Waals surface area contributed by atoms with Crippen LogP contribution < -0.4 is 11.1 Å². The Morgan fingerprint density at radius 3 is 2.22 bits per heavy atom. The van der Waals surface area contributed by atoms with E-state index in [2.05, 4.69) is 5.32 Å². The van der Waals surface area contributed by atoms with Crippen molar-refractivity contribution in [1.82, 2.24) is 5.32 Å². The van der Waals surface area contributed by atoms with Crippen molar-refractivity contribution in [3.63, 3.8) is 0 Å². The summed E-state index contributed by atoms with van der Waals surface area (Å²) in [5.74, 6) is -8.84. The number of carboxylic acid groups (broad SMARTS) is 1. The molecule has 0 saturated carbocycles. The number of aromatic hydroxyl groups is 2. The number of allylic oxidation sites excluding steroid dienone is 2. The molecule has 1 saturated heterocycles. The van der Waals surface area contributed by atoms with Crippen LogP contribution in [-0.2, 0) is 31.0 Å². The van der Waals surface area contributed by atoms with Crippen molar-refractivity contribution < 1.29 is 73.6 Å². The number of aliphatic hydroxyl groups is 3. The number of aromatic carboxylic acids is 1. The van der Waals surface area contributed by atoms with E-state index in [0.717, 1.165) is 19.3 Å². The van der Waals surface area contributed by atoms with E-state index >= 15 is 0 Å². The number of hydrogen-bond donors (Lipinski definition) is 8. The zero-order chi connectivity index (χ0) is 36.9. The third kappa shape index (κ3) is 4.22. The number of nitrogens with one attached hydrogen (secondary N) is 1. The van der Waals surface area contributed by atoms with Crippen molar-refractivity contribution in [1.29, 1.82) is 0 Å². The molecule has 9 N–H and O–H groups in total. The minimum atomic E-state index is -3.37. The molecule has 4 aliphatic rings. The Hall–Kier alpha value is -4.75. The number of carbonyl (C=O) groups is 5. The molecule has 266 valence electrons. The maximum absolute atomic E-state index is 14.6. The normalized spacial score (nSPS) is 31.7. The van der Waals surface area contributed by atoms with Crippen LogP contribution in [0.3, 0.4) is 0 Å². The predicted molar refractivity (Wildman–Crippen MR) is 166 cm³/mol. The highest BCUT2D eigenvalue weighted by Gasteiger charge is 2.73. The Balaban J connectivity index is 1.53. The van der Waals surface area contributed by atoms with Gasteiger partial charge in [-0.05, 0) is 31.0 Å². The molecule has 0 aromatic heterocycles. The Morgan fingerprint density at radius 1 is 1.00 bits per heavy atom. The van der Waals surface area contributed by atoms with Gasteiger partial charge < -0.3 is 60.6 Å². The van der Waals surface area contributed by atoms with Crippen LogP contribution in [0.1, 0.15) is 75.4 Å². The van der Waals surface area contributed by atoms with E-state index in [0.29, 0.717) is 0 Å². The van der Waals surface area contributed by atoms with Gasteiger partial charge in [0.25, 0.3) is 0 Å². The van der Waals surface area contributed by atoms with E-state index in [1.165, 1.54) is 21.1 Å². The highest BCUT2D eigenvalue weighted by atomic mass is 16.6. The first-order chi connectivity index (χ1) is 23.5. The maximum atomic E-state index is 14.6. The van der Waals surface area contributed by atoms with Crippen LogP contribution >= 0.6 is 0 Å². The minimum absolute atomic E-state index is 0.149. The van der Waals surface area contributed by atoms with Gasteiger partial charge in [-0.15, -0.1) is 0 Å². The van der Waals surface area contributed by atoms with Crippen LogP contribution in [0.25, 0.3) is 0 Å². The van der Waals surface area contributed by atoms with Gasteiger partial charge in [0.05, 0.1) is 29.0 Å². The second-order valence-electron chi connectivity index (χ2n) is 12.6. The molecular formula is C33H34N2O15. The summed E-state index contributed by atoms with van der Waals surface area (Å²) < 4.78 is 21.9. The van der Waals surface area contributed by atoms with Crippen molar-refractivity contribution in [2.24, 2.45) is 0 Å². The predicted octanol–water partition coefficient (Wildman–Crippen LogP) is -0.756. The number of hydrogen-bond acceptors (Lipinski definition) is 16. The number of fused-ring (bicyclic) bond motifs is 5. The molecule has 1 aliphatic heterocycles. The number of phenolic OH excluding ortho intramolecular Hbond substituents is 1. The Bertz CT molecular complexity index is 1960. The van der Waals surface area contributed by atoms with E-state index in [4.69, 9.17) is 24.7 Å². The van der Waals surface area contributed by atoms with E-state index in [1.807, 2.05) is 0 Å². The van der Waals surface area contributed by atoms with Crippen molar-refractivity contribution in [3.8, 4) is 11.5 Å². The average Bonchev–Trinajstić information content (AvgIpc) is 3.04. The third-order valence-electron chi connectivity index (χ3n) is 10.3. The first-order valence-corrected chi connectivity index (χ1v) is 15.2. The lowest BCUT2D eigenvalue weighted by atomic mass is 9.56. The van der Waals surface area contributed by atoms with Crippen LogP contribution in [0.5, 0.6) is 11.5 Å². The van der Waals surface area contributed by atoms with Gasteiger partial charge in [-0.2, -0.15) is 0 Å². The lowest BCUT2D eigenvalue weighted by Crippen LogP contribution is -2.73. The molecule has 3 aliphatic carbocycles. The van der Waals surface area contributed by atoms with Gasteiger partial charge >= 0.3 is 5.97 Å². The van der Waals surface area contributed by atoms with Crippen molar-refractivity contribution >= 4 is 34.8 Å². The summed E-state index contributed by atoms with van der Waals surface area (Å²) in [6, 6.07) is 0.790. The van der Waals surface area contributed by atoms with Crippen molar-refractivity contribution in [2.45, 2.75) is 68.2 Å². The molecule has 2 aromatic carbocycles. The second-order valence-corrected chi connectivity index (χ2v) is 12.6. The third-order valence-corrected chi connectivity index (χ3v) is 10.3. The lowest BCUT2D eigenvalue weighted by molar-refractivity contribution is -0.236. The molecule has 0 radical (unpaired) electrons. The zero-order valence-electron chi connectivity index (χ0n) is 27.3. The number of carbonyl (C=O) groups excluding carboxylic acids is 4. The molecule has 2 aromatic rings. The molecular weight excluding hydrogens is 664 g/mol. The maximum Gasteiger partial charge on any atom is 0.339 e. The number of Topliss-reactive ketones (excluding diaryl/α,β-unsaturated/α-hetero) is 3. The number of methoxy groups -OCH3 is 3. The highest BCUT2D eigenvalue weighted by Crippen LogP contribution is 2.57. The molecule has 3 unspecified atom stereocenters. The van der Waals surface area contributed by atoms with Crippen LogP contribution in [0, 0.1) is 6.92 Å². The fourth-order valence-corrected chi connectivity index (χ4v) is 7.84. The fraction of sp³-hybridized carbons (Fsp3) is 0.424. The summed E-state index contributed by atoms with van der Waals surface area (Å²) in [7, 11) is 3.49. The van der Waals surface area contributed by atoms with Crippen LogP contribution in [0.15, 0.2) is 17.8 Å². The Kier molecular flexibility index (Phi) is 8.18. The van der Waals surface area contributed by atoms with Gasteiger partial charge in [-0.25, -0.2) is 4.79 Å². The number of anilines is 1. The van der Waals surface area contributed by atoms with E-state index in [1.54, 1.807) is 6.92 Å². The summed E-state index contributed by atoms with van der Waals surface area (Å²) in [6.45, 7) is 2.85. The van der Waals surface area contributed by atoms with Crippen LogP contribution in [0.2, 0.25) is 0 Å². The first-order valence-electron chi connectivity index (χ1n) is 15.2. The van der Waals surface area contributed by atoms with E-state index < -0.39 is 134 Å². The molecule has 6 rings (SSSR count). The van der Waals surface area contributed by atoms with Gasteiger partial charge in [-0.1, -0.05) is 0 Å². The molecule has 0 spiro atoms. The van der Waals surface area contributed by atoms with Gasteiger partial charge in [0.2, 0.25) is 17.3 Å². The number of ketones is 4. The smallest absolute Gasteiger partial charge is 0.339 e. The fourth-order valence-electron chi connectivity index (χ4n) is 7.84. The number of carboxylic acids is 1. The Labute approximate surface area is 282 Å². The number of nitrogen functional groups attached to an aromatic ring is 1. The molecule has 1 fully saturated rings. The quantitative estimate of drug-likeness (QED) is 0.136. The first kappa shape index (κ1) is 35.1. The summed E-state index contributed by atoms with van der Waals surface area (Å²) in [4.78, 5) is 68.5. The van der Waals surface area contributed by atoms with E-state index in [9.17, 15) is 54.6 Å². The lowest BCUT2D eigenvalue weighted by Gasteiger charge is -2.53. The molecule has 17 heteroatoms. The monoisotopic (exact) mass is 698 g/mol. The SMILES string of the molecule is CO[C@@H]1[C@@H](O)[C@@H](OC)[C@@H](NC2=CC(=O)c3c(cc4c(c3O)C(=O)C3(OC)C(O)Cc5c(N)c(C)c(C(=O)O)c(O)c5C3(O)C4=O)C2=O)O[C@H]1C. The topological polar surface area (TPSA) is 282 Å². The largest absolute Gasteiger partial charge is 0.507 e. The minimum Gasteiger partial charge on any atom is -0.507 e. The number of aliphatic hydroxyl groups excluding tert-OH is 2. The number of nitrogens with two attached hydrogens (primary N) is 1. The summed E-state index contributed by atoms with van der Waals surface area (Å²) in [5.41, 5.74) is -5.85. The van der Waals surface area contributed by atoms with Gasteiger partial charge in [0.1, 0.15) is 35.4 Å². The van der Waals surface area contributed by atoms with Crippen molar-refractivity contribution in [2.75, 3.05) is 27.1 Å². The average molecular weight is 699 g/mol. The van der Waals surface area contributed by atoms with Crippen molar-refractivity contribution in [3.05, 3.63) is 62.3 Å². The molecule has 0 amide bonds. The Morgan fingerprint density at radius 2 is 1.64 bits per heavy atom. The highest BCUT2D eigenvalue weighted by molar-refractivity contribution is 6.31. The standard InChI is InChI=1S/C33H34N2O15/c1-9-17(31(44)45)24(40)20-13(21(9)34)7-16(37)33(49-5)29(43)19-12(28(42)32(20,33)46)6-11-18(23(19)39)15(36)8-14(22(11)38)35-30-27(48-4)25(41)26(47-3)10(2)50-30/h6,8,10,16,25-27,30,35,37,39-41,46H,7,34H2,1-5H3,(H,44,45)/t10-,16?,25+,26-,27+,30-,32?,33?/m0/s1. The van der Waals surface area contributed by atoms with Gasteiger partial charge in [0.15, 0.2) is 23.2 Å². The summed E-state index contributed by atoms with van der Waals surface area (Å²) >= 11 is 0. The van der Waals surface area contributed by atoms with Crippen LogP contribution in [-0.4, -0.2) is 123 Å². The summed E-state index contributed by atoms with van der Waals surface area (Å²) in [6.07, 6.45) is -6.95. The summed E-state index contributed by atoms with van der Waals surface area (Å²) in [5, 5.41) is 69.9. The zero-order valence-corrected chi connectivity index (χ0v) is 27.3. The number of ether oxygens (including phenoxy) is 4. The van der Waals surface area contributed by atoms with E-state index in [-0.39, 0.29) is 16.8 Å². The molecule has 1 heterocycles. The van der Waals surface area contributed by atoms with Gasteiger partial charge in [0, 0.05) is 56.2 Å².